The average molecular weight is 288 g/mol. The van der Waals surface area contributed by atoms with Crippen molar-refractivity contribution < 1.29 is 9.47 Å². The fraction of sp³-hybridized carbons (Fsp3) is 0.400. The van der Waals surface area contributed by atoms with Crippen LogP contribution < -0.4 is 14.8 Å². The van der Waals surface area contributed by atoms with Crippen molar-refractivity contribution in [1.82, 2.24) is 10.3 Å². The van der Waals surface area contributed by atoms with Gasteiger partial charge in [0.15, 0.2) is 11.5 Å². The Morgan fingerprint density at radius 1 is 1.20 bits per heavy atom. The van der Waals surface area contributed by atoms with Crippen molar-refractivity contribution in [2.24, 2.45) is 0 Å². The van der Waals surface area contributed by atoms with Crippen LogP contribution in [0.5, 0.6) is 11.5 Å². The van der Waals surface area contributed by atoms with E-state index in [0.29, 0.717) is 13.2 Å². The van der Waals surface area contributed by atoms with Gasteiger partial charge in [0.1, 0.15) is 18.2 Å². The van der Waals surface area contributed by atoms with Crippen molar-refractivity contribution in [3.05, 3.63) is 29.3 Å². The molecule has 1 fully saturated rings. The molecule has 1 aliphatic carbocycles. The second-order valence-electron chi connectivity index (χ2n) is 5.16. The highest BCUT2D eigenvalue weighted by Gasteiger charge is 2.20. The van der Waals surface area contributed by atoms with Crippen LogP contribution in [0.15, 0.2) is 23.6 Å². The summed E-state index contributed by atoms with van der Waals surface area (Å²) in [6.07, 6.45) is 2.61. The quantitative estimate of drug-likeness (QED) is 0.939. The van der Waals surface area contributed by atoms with Crippen molar-refractivity contribution in [1.29, 1.82) is 0 Å². The topological polar surface area (TPSA) is 43.4 Å². The zero-order chi connectivity index (χ0) is 13.4. The molecule has 2 aliphatic rings. The van der Waals surface area contributed by atoms with Gasteiger partial charge in [-0.25, -0.2) is 4.98 Å². The molecule has 0 unspecified atom stereocenters. The highest BCUT2D eigenvalue weighted by atomic mass is 32.1. The van der Waals surface area contributed by atoms with Gasteiger partial charge in [-0.1, -0.05) is 0 Å². The zero-order valence-electron chi connectivity index (χ0n) is 11.1. The number of ether oxygens (including phenoxy) is 2. The molecule has 104 valence electrons. The fourth-order valence-corrected chi connectivity index (χ4v) is 3.05. The number of thiazole rings is 1. The molecule has 2 aromatic rings. The molecule has 1 aromatic carbocycles. The zero-order valence-corrected chi connectivity index (χ0v) is 11.9. The lowest BCUT2D eigenvalue weighted by molar-refractivity contribution is 0.171. The van der Waals surface area contributed by atoms with Crippen molar-refractivity contribution >= 4 is 11.3 Å². The predicted molar refractivity (Wildman–Crippen MR) is 78.4 cm³/mol. The lowest BCUT2D eigenvalue weighted by Crippen LogP contribution is -2.15. The summed E-state index contributed by atoms with van der Waals surface area (Å²) >= 11 is 1.68. The summed E-state index contributed by atoms with van der Waals surface area (Å²) in [5.74, 6) is 1.65. The number of nitrogens with one attached hydrogen (secondary N) is 1. The molecular weight excluding hydrogens is 272 g/mol. The lowest BCUT2D eigenvalue weighted by Gasteiger charge is -2.18. The summed E-state index contributed by atoms with van der Waals surface area (Å²) in [7, 11) is 0. The van der Waals surface area contributed by atoms with E-state index >= 15 is 0 Å². The van der Waals surface area contributed by atoms with Crippen LogP contribution in [0.2, 0.25) is 0 Å². The normalized spacial score (nSPS) is 17.2. The Morgan fingerprint density at radius 3 is 2.90 bits per heavy atom. The molecular formula is C15H16N2O2S. The minimum absolute atomic E-state index is 0.616. The SMILES string of the molecule is c1cc2c(cc1-c1nc(CNC3CC3)cs1)OCCO2. The summed E-state index contributed by atoms with van der Waals surface area (Å²) < 4.78 is 11.2. The molecule has 1 aromatic heterocycles. The van der Waals surface area contributed by atoms with Crippen LogP contribution >= 0.6 is 11.3 Å². The third kappa shape index (κ3) is 2.51. The highest BCUT2D eigenvalue weighted by molar-refractivity contribution is 7.13. The number of fused-ring (bicyclic) bond motifs is 1. The first-order valence-electron chi connectivity index (χ1n) is 6.96. The molecule has 0 spiro atoms. The molecule has 20 heavy (non-hydrogen) atoms. The standard InChI is InChI=1S/C15H16N2O2S/c1-4-13-14(19-6-5-18-13)7-10(1)15-17-12(9-20-15)8-16-11-2-3-11/h1,4,7,9,11,16H,2-3,5-6,8H2. The number of nitrogens with zero attached hydrogens (tertiary/aromatic N) is 1. The van der Waals surface area contributed by atoms with Gasteiger partial charge in [0.25, 0.3) is 0 Å². The Kier molecular flexibility index (Phi) is 3.09. The molecule has 0 bridgehead atoms. The Balaban J connectivity index is 1.53. The molecule has 4 nitrogen and oxygen atoms in total. The van der Waals surface area contributed by atoms with Gasteiger partial charge in [-0.3, -0.25) is 0 Å². The summed E-state index contributed by atoms with van der Waals surface area (Å²) in [5, 5.41) is 6.65. The minimum atomic E-state index is 0.616. The van der Waals surface area contributed by atoms with E-state index in [4.69, 9.17) is 9.47 Å². The van der Waals surface area contributed by atoms with Crippen molar-refractivity contribution in [3.8, 4) is 22.1 Å². The molecule has 1 N–H and O–H groups in total. The van der Waals surface area contributed by atoms with Gasteiger partial charge in [0, 0.05) is 23.5 Å². The fourth-order valence-electron chi connectivity index (χ4n) is 2.23. The first kappa shape index (κ1) is 12.2. The first-order valence-corrected chi connectivity index (χ1v) is 7.84. The summed E-state index contributed by atoms with van der Waals surface area (Å²) in [6.45, 7) is 2.11. The summed E-state index contributed by atoms with van der Waals surface area (Å²) in [6, 6.07) is 6.75. The van der Waals surface area contributed by atoms with E-state index in [0.717, 1.165) is 40.4 Å². The Bertz CT molecular complexity index is 622. The van der Waals surface area contributed by atoms with Crippen LogP contribution in [-0.2, 0) is 6.54 Å². The van der Waals surface area contributed by atoms with Gasteiger partial charge in [0.05, 0.1) is 5.69 Å². The second-order valence-corrected chi connectivity index (χ2v) is 6.02. The monoisotopic (exact) mass is 288 g/mol. The third-order valence-electron chi connectivity index (χ3n) is 3.49. The van der Waals surface area contributed by atoms with E-state index in [1.807, 2.05) is 18.2 Å². The highest BCUT2D eigenvalue weighted by Crippen LogP contribution is 2.35. The van der Waals surface area contributed by atoms with Gasteiger partial charge < -0.3 is 14.8 Å². The van der Waals surface area contributed by atoms with E-state index in [-0.39, 0.29) is 0 Å². The maximum absolute atomic E-state index is 5.62. The molecule has 0 saturated heterocycles. The number of rotatable bonds is 4. The lowest BCUT2D eigenvalue weighted by atomic mass is 10.2. The van der Waals surface area contributed by atoms with E-state index in [9.17, 15) is 0 Å². The summed E-state index contributed by atoms with van der Waals surface area (Å²) in [5.41, 5.74) is 2.21. The molecule has 4 rings (SSSR count). The first-order chi connectivity index (χ1) is 9.88. The number of benzene rings is 1. The maximum atomic E-state index is 5.62. The number of hydrogen-bond acceptors (Lipinski definition) is 5. The van der Waals surface area contributed by atoms with Crippen LogP contribution in [0.4, 0.5) is 0 Å². The van der Waals surface area contributed by atoms with Crippen molar-refractivity contribution in [3.63, 3.8) is 0 Å². The van der Waals surface area contributed by atoms with Crippen LogP contribution in [-0.4, -0.2) is 24.2 Å². The predicted octanol–water partition coefficient (Wildman–Crippen LogP) is 2.83. The largest absolute Gasteiger partial charge is 0.486 e. The second kappa shape index (κ2) is 5.07. The number of hydrogen-bond donors (Lipinski definition) is 1. The third-order valence-corrected chi connectivity index (χ3v) is 4.43. The van der Waals surface area contributed by atoms with Gasteiger partial charge in [0.2, 0.25) is 0 Å². The minimum Gasteiger partial charge on any atom is -0.486 e. The van der Waals surface area contributed by atoms with E-state index in [2.05, 4.69) is 15.7 Å². The molecule has 0 radical (unpaired) electrons. The van der Waals surface area contributed by atoms with E-state index < -0.39 is 0 Å². The Labute approximate surface area is 121 Å². The molecule has 5 heteroatoms. The maximum Gasteiger partial charge on any atom is 0.162 e. The van der Waals surface area contributed by atoms with Crippen LogP contribution in [0.1, 0.15) is 18.5 Å². The number of aromatic nitrogens is 1. The van der Waals surface area contributed by atoms with Gasteiger partial charge in [-0.15, -0.1) is 11.3 Å². The van der Waals surface area contributed by atoms with E-state index in [1.54, 1.807) is 11.3 Å². The molecule has 1 saturated carbocycles. The Morgan fingerprint density at radius 2 is 2.05 bits per heavy atom. The average Bonchev–Trinajstić information content (AvgIpc) is 3.21. The van der Waals surface area contributed by atoms with Crippen LogP contribution in [0, 0.1) is 0 Å². The van der Waals surface area contributed by atoms with Crippen LogP contribution in [0.3, 0.4) is 0 Å². The van der Waals surface area contributed by atoms with E-state index in [1.165, 1.54) is 12.8 Å². The van der Waals surface area contributed by atoms with Crippen LogP contribution in [0.25, 0.3) is 10.6 Å². The summed E-state index contributed by atoms with van der Waals surface area (Å²) in [4.78, 5) is 4.69. The molecule has 0 atom stereocenters. The smallest absolute Gasteiger partial charge is 0.162 e. The van der Waals surface area contributed by atoms with Crippen molar-refractivity contribution in [2.45, 2.75) is 25.4 Å². The van der Waals surface area contributed by atoms with Gasteiger partial charge >= 0.3 is 0 Å². The van der Waals surface area contributed by atoms with Crippen molar-refractivity contribution in [2.75, 3.05) is 13.2 Å². The van der Waals surface area contributed by atoms with Gasteiger partial charge in [-0.2, -0.15) is 0 Å². The Hall–Kier alpha value is -1.59. The van der Waals surface area contributed by atoms with Gasteiger partial charge in [-0.05, 0) is 31.0 Å². The molecule has 1 aliphatic heterocycles. The molecule has 2 heterocycles. The molecule has 0 amide bonds.